The van der Waals surface area contributed by atoms with Crippen LogP contribution in [0.3, 0.4) is 0 Å². The van der Waals surface area contributed by atoms with Gasteiger partial charge in [-0.25, -0.2) is 0 Å². The van der Waals surface area contributed by atoms with Crippen LogP contribution in [0.2, 0.25) is 0 Å². The molecule has 0 unspecified atom stereocenters. The average molecular weight is 287 g/mol. The van der Waals surface area contributed by atoms with Gasteiger partial charge in [-0.1, -0.05) is 0 Å². The molecular weight excluding hydrogens is 272 g/mol. The van der Waals surface area contributed by atoms with Crippen molar-refractivity contribution in [2.45, 2.75) is 0 Å². The maximum atomic E-state index is 12.2. The molecule has 1 aromatic rings. The smallest absolute Gasteiger partial charge is 0.258 e. The van der Waals surface area contributed by atoms with Gasteiger partial charge in [0.05, 0.1) is 11.8 Å². The zero-order chi connectivity index (χ0) is 11.7. The van der Waals surface area contributed by atoms with Gasteiger partial charge in [0.25, 0.3) is 5.91 Å². The number of aryl methyl sites for hydroxylation is 1. The third kappa shape index (κ3) is 2.12. The molecule has 0 atom stereocenters. The Balaban J connectivity index is 2.11. The van der Waals surface area contributed by atoms with Gasteiger partial charge in [-0.15, -0.1) is 0 Å². The lowest BCUT2D eigenvalue weighted by atomic mass is 10.2. The first-order valence-electron chi connectivity index (χ1n) is 5.25. The predicted molar refractivity (Wildman–Crippen MR) is 64.3 cm³/mol. The fourth-order valence-electron chi connectivity index (χ4n) is 1.75. The summed E-state index contributed by atoms with van der Waals surface area (Å²) in [5.41, 5.74) is 0.645. The summed E-state index contributed by atoms with van der Waals surface area (Å²) in [6, 6.07) is 0. The van der Waals surface area contributed by atoms with E-state index in [1.807, 2.05) is 11.9 Å². The molecule has 0 aliphatic carbocycles. The number of nitrogens with zero attached hydrogens (tertiary/aromatic N) is 4. The Morgan fingerprint density at radius 3 is 2.44 bits per heavy atom. The van der Waals surface area contributed by atoms with E-state index in [0.717, 1.165) is 30.8 Å². The number of aromatic nitrogens is 2. The summed E-state index contributed by atoms with van der Waals surface area (Å²) in [6.45, 7) is 3.45. The van der Waals surface area contributed by atoms with Crippen molar-refractivity contribution in [3.63, 3.8) is 0 Å². The molecule has 1 aromatic heterocycles. The third-order valence-electron chi connectivity index (χ3n) is 2.89. The van der Waals surface area contributed by atoms with Crippen LogP contribution in [-0.2, 0) is 7.05 Å². The second-order valence-electron chi connectivity index (χ2n) is 4.07. The van der Waals surface area contributed by atoms with Crippen LogP contribution >= 0.6 is 15.9 Å². The van der Waals surface area contributed by atoms with E-state index in [0.29, 0.717) is 5.56 Å². The first-order valence-corrected chi connectivity index (χ1v) is 6.04. The summed E-state index contributed by atoms with van der Waals surface area (Å²) in [6.07, 6.45) is 1.62. The molecule has 0 spiro atoms. The van der Waals surface area contributed by atoms with Crippen LogP contribution in [0.25, 0.3) is 0 Å². The van der Waals surface area contributed by atoms with Gasteiger partial charge >= 0.3 is 0 Å². The van der Waals surface area contributed by atoms with Gasteiger partial charge in [0.1, 0.15) is 4.60 Å². The molecule has 2 heterocycles. The molecule has 0 N–H and O–H groups in total. The fraction of sp³-hybridized carbons (Fsp3) is 0.600. The fourth-order valence-corrected chi connectivity index (χ4v) is 2.11. The number of carbonyl (C=O) groups is 1. The highest BCUT2D eigenvalue weighted by atomic mass is 79.9. The van der Waals surface area contributed by atoms with E-state index in [2.05, 4.69) is 33.0 Å². The molecule has 0 bridgehead atoms. The first-order chi connectivity index (χ1) is 7.59. The Labute approximate surface area is 103 Å². The Kier molecular flexibility index (Phi) is 3.30. The Morgan fingerprint density at radius 2 is 1.94 bits per heavy atom. The lowest BCUT2D eigenvalue weighted by Gasteiger charge is -2.32. The monoisotopic (exact) mass is 286 g/mol. The van der Waals surface area contributed by atoms with Crippen molar-refractivity contribution in [1.82, 2.24) is 19.6 Å². The number of piperazine rings is 1. The normalized spacial score (nSPS) is 17.8. The molecule has 0 saturated carbocycles. The topological polar surface area (TPSA) is 41.4 Å². The highest BCUT2D eigenvalue weighted by molar-refractivity contribution is 9.10. The highest BCUT2D eigenvalue weighted by Crippen LogP contribution is 2.17. The molecule has 1 aliphatic rings. The van der Waals surface area contributed by atoms with Crippen molar-refractivity contribution in [2.75, 3.05) is 33.2 Å². The maximum absolute atomic E-state index is 12.2. The number of halogens is 1. The van der Waals surface area contributed by atoms with Gasteiger partial charge < -0.3 is 9.80 Å². The van der Waals surface area contributed by atoms with Gasteiger partial charge in [0, 0.05) is 33.2 Å². The molecule has 6 heteroatoms. The number of rotatable bonds is 1. The minimum atomic E-state index is 0.0630. The molecule has 16 heavy (non-hydrogen) atoms. The lowest BCUT2D eigenvalue weighted by Crippen LogP contribution is -2.47. The van der Waals surface area contributed by atoms with Crippen LogP contribution < -0.4 is 0 Å². The van der Waals surface area contributed by atoms with Crippen LogP contribution in [0, 0.1) is 0 Å². The summed E-state index contributed by atoms with van der Waals surface area (Å²) in [4.78, 5) is 16.3. The molecule has 5 nitrogen and oxygen atoms in total. The predicted octanol–water partition coefficient (Wildman–Crippen LogP) is 0.570. The van der Waals surface area contributed by atoms with Crippen LogP contribution in [0.15, 0.2) is 10.8 Å². The summed E-state index contributed by atoms with van der Waals surface area (Å²) < 4.78 is 2.40. The molecule has 1 amide bonds. The minimum Gasteiger partial charge on any atom is -0.336 e. The van der Waals surface area contributed by atoms with E-state index >= 15 is 0 Å². The zero-order valence-corrected chi connectivity index (χ0v) is 11.1. The van der Waals surface area contributed by atoms with E-state index in [1.165, 1.54) is 0 Å². The van der Waals surface area contributed by atoms with Crippen molar-refractivity contribution in [3.8, 4) is 0 Å². The molecular formula is C10H15BrN4O. The van der Waals surface area contributed by atoms with Gasteiger partial charge in [-0.05, 0) is 23.0 Å². The van der Waals surface area contributed by atoms with Crippen molar-refractivity contribution in [2.24, 2.45) is 7.05 Å². The molecule has 0 radical (unpaired) electrons. The summed E-state index contributed by atoms with van der Waals surface area (Å²) in [5.74, 6) is 0.0630. The largest absolute Gasteiger partial charge is 0.336 e. The number of amides is 1. The van der Waals surface area contributed by atoms with E-state index in [-0.39, 0.29) is 5.91 Å². The van der Waals surface area contributed by atoms with Crippen LogP contribution in [0.1, 0.15) is 10.4 Å². The summed E-state index contributed by atoms with van der Waals surface area (Å²) in [7, 11) is 3.88. The summed E-state index contributed by atoms with van der Waals surface area (Å²) >= 11 is 3.37. The number of carbonyl (C=O) groups excluding carboxylic acids is 1. The highest BCUT2D eigenvalue weighted by Gasteiger charge is 2.23. The van der Waals surface area contributed by atoms with Crippen molar-refractivity contribution in [3.05, 3.63) is 16.4 Å². The average Bonchev–Trinajstić information content (AvgIpc) is 2.60. The lowest BCUT2D eigenvalue weighted by molar-refractivity contribution is 0.0663. The van der Waals surface area contributed by atoms with E-state index < -0.39 is 0 Å². The second-order valence-corrected chi connectivity index (χ2v) is 4.82. The van der Waals surface area contributed by atoms with Crippen LogP contribution in [-0.4, -0.2) is 58.7 Å². The van der Waals surface area contributed by atoms with Gasteiger partial charge in [0.2, 0.25) is 0 Å². The SMILES string of the molecule is CN1CCN(C(=O)c2cnn(C)c2Br)CC1. The van der Waals surface area contributed by atoms with Gasteiger partial charge in [-0.2, -0.15) is 5.10 Å². The molecule has 2 rings (SSSR count). The first kappa shape index (κ1) is 11.6. The second kappa shape index (κ2) is 4.55. The minimum absolute atomic E-state index is 0.0630. The zero-order valence-electron chi connectivity index (χ0n) is 9.48. The molecule has 1 saturated heterocycles. The van der Waals surface area contributed by atoms with E-state index in [1.54, 1.807) is 10.9 Å². The summed E-state index contributed by atoms with van der Waals surface area (Å²) in [5, 5.41) is 4.06. The molecule has 88 valence electrons. The third-order valence-corrected chi connectivity index (χ3v) is 3.83. The van der Waals surface area contributed by atoms with Crippen LogP contribution in [0.4, 0.5) is 0 Å². The van der Waals surface area contributed by atoms with Crippen molar-refractivity contribution in [1.29, 1.82) is 0 Å². The Bertz CT molecular complexity index is 396. The quantitative estimate of drug-likeness (QED) is 0.758. The van der Waals surface area contributed by atoms with Crippen molar-refractivity contribution < 1.29 is 4.79 Å². The standard InChI is InChI=1S/C10H15BrN4O/c1-13-3-5-15(6-4-13)10(16)8-7-12-14(2)9(8)11/h7H,3-6H2,1-2H3. The Morgan fingerprint density at radius 1 is 1.31 bits per heavy atom. The molecule has 1 aliphatic heterocycles. The van der Waals surface area contributed by atoms with Crippen LogP contribution in [0.5, 0.6) is 0 Å². The number of hydrogen-bond donors (Lipinski definition) is 0. The van der Waals surface area contributed by atoms with Crippen molar-refractivity contribution >= 4 is 21.8 Å². The number of likely N-dealkylation sites (N-methyl/N-ethyl adjacent to an activating group) is 1. The van der Waals surface area contributed by atoms with E-state index in [9.17, 15) is 4.79 Å². The molecule has 0 aromatic carbocycles. The van der Waals surface area contributed by atoms with Gasteiger partial charge in [0.15, 0.2) is 0 Å². The van der Waals surface area contributed by atoms with Gasteiger partial charge in [-0.3, -0.25) is 9.48 Å². The number of hydrogen-bond acceptors (Lipinski definition) is 3. The molecule has 1 fully saturated rings. The maximum Gasteiger partial charge on any atom is 0.258 e. The van der Waals surface area contributed by atoms with E-state index in [4.69, 9.17) is 0 Å². The Hall–Kier alpha value is -0.880.